The van der Waals surface area contributed by atoms with Gasteiger partial charge in [-0.05, 0) is 34.1 Å². The number of rotatable bonds is 10. The SMILES string of the molecule is CCOC(=O)ON1CCN(C(=O)[C@H](CCC(=O)OC(C)(C)C)NC(=O)c2cc(N3CCOCC3)nc(-c3ccccc3)n2)CC1. The first kappa shape index (κ1) is 33.6. The van der Waals surface area contributed by atoms with Gasteiger partial charge in [0.1, 0.15) is 23.2 Å². The summed E-state index contributed by atoms with van der Waals surface area (Å²) in [5, 5.41) is 4.25. The molecule has 45 heavy (non-hydrogen) atoms. The minimum atomic E-state index is -1.04. The number of aromatic nitrogens is 2. The molecule has 0 radical (unpaired) electrons. The van der Waals surface area contributed by atoms with Gasteiger partial charge in [-0.15, -0.1) is 5.06 Å². The van der Waals surface area contributed by atoms with E-state index >= 15 is 0 Å². The molecule has 1 aromatic heterocycles. The van der Waals surface area contributed by atoms with E-state index in [4.69, 9.17) is 24.0 Å². The minimum absolute atomic E-state index is 0.0198. The summed E-state index contributed by atoms with van der Waals surface area (Å²) in [6, 6.07) is 9.90. The summed E-state index contributed by atoms with van der Waals surface area (Å²) in [7, 11) is 0. The zero-order chi connectivity index (χ0) is 32.4. The van der Waals surface area contributed by atoms with Crippen molar-refractivity contribution in [2.45, 2.75) is 52.2 Å². The van der Waals surface area contributed by atoms with Crippen LogP contribution in [-0.2, 0) is 28.6 Å². The predicted octanol–water partition coefficient (Wildman–Crippen LogP) is 2.43. The van der Waals surface area contributed by atoms with Crippen LogP contribution < -0.4 is 10.2 Å². The maximum Gasteiger partial charge on any atom is 0.527 e. The molecule has 2 amide bonds. The van der Waals surface area contributed by atoms with Crippen LogP contribution in [0.4, 0.5) is 10.6 Å². The van der Waals surface area contributed by atoms with E-state index in [1.807, 2.05) is 35.2 Å². The number of piperazine rings is 1. The summed E-state index contributed by atoms with van der Waals surface area (Å²) in [4.78, 5) is 69.8. The second-order valence-corrected chi connectivity index (χ2v) is 11.6. The number of hydroxylamine groups is 2. The van der Waals surface area contributed by atoms with Crippen molar-refractivity contribution in [1.82, 2.24) is 25.2 Å². The standard InChI is InChI=1S/C31H42N6O8/c1-5-43-30(41)45-37-15-13-36(14-16-37)29(40)23(11-12-26(38)44-31(2,3)4)33-28(39)24-21-25(35-17-19-42-20-18-35)34-27(32-24)22-9-7-6-8-10-22/h6-10,21,23H,5,11-20H2,1-4H3,(H,33,39)/t23-/m0/s1. The summed E-state index contributed by atoms with van der Waals surface area (Å²) in [6.07, 6.45) is -0.875. The molecule has 0 unspecified atom stereocenters. The second kappa shape index (κ2) is 15.6. The Balaban J connectivity index is 1.53. The monoisotopic (exact) mass is 626 g/mol. The predicted molar refractivity (Wildman–Crippen MR) is 163 cm³/mol. The maximum atomic E-state index is 13.8. The van der Waals surface area contributed by atoms with Crippen LogP contribution in [0.3, 0.4) is 0 Å². The Morgan fingerprint density at radius 1 is 0.978 bits per heavy atom. The summed E-state index contributed by atoms with van der Waals surface area (Å²) < 4.78 is 15.7. The molecule has 2 fully saturated rings. The highest BCUT2D eigenvalue weighted by Gasteiger charge is 2.32. The van der Waals surface area contributed by atoms with Crippen LogP contribution in [0.2, 0.25) is 0 Å². The third kappa shape index (κ3) is 10.1. The Kier molecular flexibility index (Phi) is 11.7. The van der Waals surface area contributed by atoms with E-state index in [1.54, 1.807) is 38.7 Å². The number of benzene rings is 1. The maximum absolute atomic E-state index is 13.8. The smallest absolute Gasteiger partial charge is 0.460 e. The molecule has 0 spiro atoms. The van der Waals surface area contributed by atoms with E-state index in [0.717, 1.165) is 5.56 Å². The van der Waals surface area contributed by atoms with Crippen molar-refractivity contribution in [3.8, 4) is 11.4 Å². The molecular weight excluding hydrogens is 584 g/mol. The van der Waals surface area contributed by atoms with Crippen LogP contribution in [-0.4, -0.2) is 115 Å². The molecular formula is C31H42N6O8. The van der Waals surface area contributed by atoms with Gasteiger partial charge in [0.05, 0.1) is 32.9 Å². The topological polar surface area (TPSA) is 153 Å². The van der Waals surface area contributed by atoms with Crippen LogP contribution in [0.15, 0.2) is 36.4 Å². The number of carbonyl (C=O) groups is 4. The number of anilines is 1. The second-order valence-electron chi connectivity index (χ2n) is 11.6. The first-order valence-corrected chi connectivity index (χ1v) is 15.2. The molecule has 14 heteroatoms. The third-order valence-corrected chi connectivity index (χ3v) is 6.99. The van der Waals surface area contributed by atoms with E-state index < -0.39 is 29.7 Å². The van der Waals surface area contributed by atoms with Gasteiger partial charge in [-0.25, -0.2) is 14.8 Å². The van der Waals surface area contributed by atoms with Gasteiger partial charge < -0.3 is 34.2 Å². The molecule has 1 aromatic carbocycles. The van der Waals surface area contributed by atoms with Crippen LogP contribution in [0.5, 0.6) is 0 Å². The lowest BCUT2D eigenvalue weighted by Crippen LogP contribution is -2.55. The molecule has 244 valence electrons. The number of ether oxygens (including phenoxy) is 3. The molecule has 2 aliphatic rings. The minimum Gasteiger partial charge on any atom is -0.460 e. The molecule has 0 saturated carbocycles. The number of amides is 2. The van der Waals surface area contributed by atoms with E-state index in [9.17, 15) is 19.2 Å². The van der Waals surface area contributed by atoms with Crippen molar-refractivity contribution in [3.05, 3.63) is 42.1 Å². The Labute approximate surface area is 262 Å². The fourth-order valence-electron chi connectivity index (χ4n) is 4.84. The average molecular weight is 627 g/mol. The van der Waals surface area contributed by atoms with Crippen LogP contribution in [0, 0.1) is 0 Å². The highest BCUT2D eigenvalue weighted by molar-refractivity contribution is 5.97. The molecule has 0 aliphatic carbocycles. The van der Waals surface area contributed by atoms with Gasteiger partial charge in [-0.1, -0.05) is 30.3 Å². The fraction of sp³-hybridized carbons (Fsp3) is 0.548. The van der Waals surface area contributed by atoms with Crippen LogP contribution in [0.25, 0.3) is 11.4 Å². The quantitative estimate of drug-likeness (QED) is 0.386. The van der Waals surface area contributed by atoms with E-state index in [2.05, 4.69) is 10.3 Å². The lowest BCUT2D eigenvalue weighted by molar-refractivity contribution is -0.158. The van der Waals surface area contributed by atoms with Crippen molar-refractivity contribution in [3.63, 3.8) is 0 Å². The lowest BCUT2D eigenvalue weighted by Gasteiger charge is -2.35. The van der Waals surface area contributed by atoms with Crippen LogP contribution >= 0.6 is 0 Å². The molecule has 0 bridgehead atoms. The molecule has 3 heterocycles. The first-order valence-electron chi connectivity index (χ1n) is 15.2. The summed E-state index contributed by atoms with van der Waals surface area (Å²) >= 11 is 0. The molecule has 1 N–H and O–H groups in total. The molecule has 2 aromatic rings. The van der Waals surface area contributed by atoms with Gasteiger partial charge >= 0.3 is 12.1 Å². The van der Waals surface area contributed by atoms with Gasteiger partial charge in [0, 0.05) is 44.2 Å². The van der Waals surface area contributed by atoms with Gasteiger partial charge in [0.25, 0.3) is 5.91 Å². The van der Waals surface area contributed by atoms with Gasteiger partial charge in [0.2, 0.25) is 5.91 Å². The van der Waals surface area contributed by atoms with Crippen molar-refractivity contribution in [1.29, 1.82) is 0 Å². The number of nitrogens with zero attached hydrogens (tertiary/aromatic N) is 5. The highest BCUT2D eigenvalue weighted by atomic mass is 16.8. The number of nitrogens with one attached hydrogen (secondary N) is 1. The van der Waals surface area contributed by atoms with Crippen LogP contribution in [0.1, 0.15) is 51.0 Å². The van der Waals surface area contributed by atoms with Gasteiger partial charge in [-0.3, -0.25) is 14.4 Å². The van der Waals surface area contributed by atoms with Crippen molar-refractivity contribution < 1.29 is 38.2 Å². The zero-order valence-corrected chi connectivity index (χ0v) is 26.3. The Morgan fingerprint density at radius 3 is 2.31 bits per heavy atom. The lowest BCUT2D eigenvalue weighted by atomic mass is 10.1. The number of hydrogen-bond donors (Lipinski definition) is 1. The Bertz CT molecular complexity index is 1320. The number of esters is 1. The third-order valence-electron chi connectivity index (χ3n) is 6.99. The fourth-order valence-corrected chi connectivity index (χ4v) is 4.84. The van der Waals surface area contributed by atoms with E-state index in [-0.39, 0.29) is 57.2 Å². The van der Waals surface area contributed by atoms with E-state index in [0.29, 0.717) is 37.9 Å². The van der Waals surface area contributed by atoms with Crippen molar-refractivity contribution in [2.75, 3.05) is 64.0 Å². The normalized spacial score (nSPS) is 16.4. The highest BCUT2D eigenvalue weighted by Crippen LogP contribution is 2.22. The van der Waals surface area contributed by atoms with Crippen molar-refractivity contribution in [2.24, 2.45) is 0 Å². The first-order chi connectivity index (χ1) is 21.5. The van der Waals surface area contributed by atoms with Crippen molar-refractivity contribution >= 4 is 29.8 Å². The van der Waals surface area contributed by atoms with Gasteiger partial charge in [0.15, 0.2) is 5.82 Å². The zero-order valence-electron chi connectivity index (χ0n) is 26.3. The summed E-state index contributed by atoms with van der Waals surface area (Å²) in [6.45, 7) is 10.4. The molecule has 2 aliphatic heterocycles. The largest absolute Gasteiger partial charge is 0.527 e. The Hall–Kier alpha value is -4.30. The summed E-state index contributed by atoms with van der Waals surface area (Å²) in [5.41, 5.74) is 0.134. The van der Waals surface area contributed by atoms with Gasteiger partial charge in [-0.2, -0.15) is 0 Å². The molecule has 14 nitrogen and oxygen atoms in total. The molecule has 1 atom stereocenters. The number of carbonyl (C=O) groups excluding carboxylic acids is 4. The average Bonchev–Trinajstić information content (AvgIpc) is 3.03. The number of hydrogen-bond acceptors (Lipinski definition) is 12. The number of morpholine rings is 1. The Morgan fingerprint density at radius 2 is 1.67 bits per heavy atom. The molecule has 2 saturated heterocycles. The molecule has 4 rings (SSSR count). The summed E-state index contributed by atoms with van der Waals surface area (Å²) in [5.74, 6) is -0.472. The van der Waals surface area contributed by atoms with E-state index in [1.165, 1.54) is 5.06 Å².